The van der Waals surface area contributed by atoms with Crippen molar-refractivity contribution in [1.82, 2.24) is 10.2 Å². The molecular formula is C14H17FN2O3. The van der Waals surface area contributed by atoms with Crippen LogP contribution in [-0.4, -0.2) is 35.1 Å². The third kappa shape index (κ3) is 3.46. The molecule has 0 spiro atoms. The standard InChI is InChI=1S/C14H17FN2O3/c1-17(8-10-4-2-3-5-11(10)15)14(20)16-12(13(18)19)9-6-7-9/h2-5,9,12H,6-8H2,1H3,(H,16,20)(H,18,19). The van der Waals surface area contributed by atoms with E-state index in [4.69, 9.17) is 5.11 Å². The van der Waals surface area contributed by atoms with Crippen LogP contribution in [0.15, 0.2) is 24.3 Å². The van der Waals surface area contributed by atoms with Crippen LogP contribution in [0.3, 0.4) is 0 Å². The van der Waals surface area contributed by atoms with Crippen LogP contribution < -0.4 is 5.32 Å². The highest BCUT2D eigenvalue weighted by Crippen LogP contribution is 2.32. The summed E-state index contributed by atoms with van der Waals surface area (Å²) in [6.07, 6.45) is 1.63. The second kappa shape index (κ2) is 5.90. The van der Waals surface area contributed by atoms with Crippen LogP contribution in [-0.2, 0) is 11.3 Å². The minimum absolute atomic E-state index is 0.0123. The molecule has 1 aliphatic rings. The topological polar surface area (TPSA) is 69.6 Å². The van der Waals surface area contributed by atoms with Gasteiger partial charge >= 0.3 is 12.0 Å². The lowest BCUT2D eigenvalue weighted by Gasteiger charge is -2.21. The van der Waals surface area contributed by atoms with Gasteiger partial charge in [-0.1, -0.05) is 18.2 Å². The zero-order valence-electron chi connectivity index (χ0n) is 11.2. The van der Waals surface area contributed by atoms with E-state index < -0.39 is 18.0 Å². The fraction of sp³-hybridized carbons (Fsp3) is 0.429. The van der Waals surface area contributed by atoms with E-state index in [2.05, 4.69) is 5.32 Å². The first-order valence-electron chi connectivity index (χ1n) is 6.47. The summed E-state index contributed by atoms with van der Waals surface area (Å²) >= 11 is 0. The smallest absolute Gasteiger partial charge is 0.326 e. The molecule has 5 nitrogen and oxygen atoms in total. The number of halogens is 1. The van der Waals surface area contributed by atoms with Gasteiger partial charge in [-0.2, -0.15) is 0 Å². The van der Waals surface area contributed by atoms with Crippen LogP contribution >= 0.6 is 0 Å². The highest BCUT2D eigenvalue weighted by Gasteiger charge is 2.37. The van der Waals surface area contributed by atoms with E-state index in [1.165, 1.54) is 18.0 Å². The van der Waals surface area contributed by atoms with Crippen LogP contribution in [0.5, 0.6) is 0 Å². The third-order valence-corrected chi connectivity index (χ3v) is 3.35. The zero-order valence-corrected chi connectivity index (χ0v) is 11.2. The quantitative estimate of drug-likeness (QED) is 0.864. The number of rotatable bonds is 5. The van der Waals surface area contributed by atoms with Gasteiger partial charge in [-0.05, 0) is 24.8 Å². The first-order chi connectivity index (χ1) is 9.49. The molecule has 20 heavy (non-hydrogen) atoms. The van der Waals surface area contributed by atoms with Crippen molar-refractivity contribution in [2.24, 2.45) is 5.92 Å². The van der Waals surface area contributed by atoms with Crippen molar-refractivity contribution in [3.8, 4) is 0 Å². The van der Waals surface area contributed by atoms with Crippen molar-refractivity contribution >= 4 is 12.0 Å². The van der Waals surface area contributed by atoms with Crippen LogP contribution in [0, 0.1) is 11.7 Å². The van der Waals surface area contributed by atoms with Gasteiger partial charge in [-0.3, -0.25) is 0 Å². The number of carboxylic acid groups (broad SMARTS) is 1. The van der Waals surface area contributed by atoms with Crippen molar-refractivity contribution in [3.63, 3.8) is 0 Å². The van der Waals surface area contributed by atoms with Gasteiger partial charge in [0.25, 0.3) is 0 Å². The molecule has 1 unspecified atom stereocenters. The average Bonchev–Trinajstić information content (AvgIpc) is 3.22. The van der Waals surface area contributed by atoms with Crippen molar-refractivity contribution < 1.29 is 19.1 Å². The number of carbonyl (C=O) groups excluding carboxylic acids is 1. The number of hydrogen-bond donors (Lipinski definition) is 2. The molecule has 2 N–H and O–H groups in total. The van der Waals surface area contributed by atoms with Gasteiger partial charge in [-0.15, -0.1) is 0 Å². The molecule has 2 rings (SSSR count). The van der Waals surface area contributed by atoms with Crippen LogP contribution in [0.1, 0.15) is 18.4 Å². The highest BCUT2D eigenvalue weighted by atomic mass is 19.1. The predicted octanol–water partition coefficient (Wildman–Crippen LogP) is 1.83. The Balaban J connectivity index is 1.95. The third-order valence-electron chi connectivity index (χ3n) is 3.35. The fourth-order valence-electron chi connectivity index (χ4n) is 2.01. The number of amides is 2. The number of urea groups is 1. The van der Waals surface area contributed by atoms with Crippen molar-refractivity contribution in [2.45, 2.75) is 25.4 Å². The summed E-state index contributed by atoms with van der Waals surface area (Å²) in [5.74, 6) is -1.40. The summed E-state index contributed by atoms with van der Waals surface area (Å²) in [5, 5.41) is 11.5. The summed E-state index contributed by atoms with van der Waals surface area (Å²) < 4.78 is 13.5. The van der Waals surface area contributed by atoms with E-state index in [9.17, 15) is 14.0 Å². The Bertz CT molecular complexity index is 517. The Labute approximate surface area is 116 Å². The normalized spacial score (nSPS) is 15.5. The van der Waals surface area contributed by atoms with Crippen molar-refractivity contribution in [3.05, 3.63) is 35.6 Å². The summed E-state index contributed by atoms with van der Waals surface area (Å²) in [6, 6.07) is 4.82. The Hall–Kier alpha value is -2.11. The Morgan fingerprint density at radius 2 is 2.10 bits per heavy atom. The van der Waals surface area contributed by atoms with Gasteiger partial charge in [0.05, 0.1) is 0 Å². The number of benzene rings is 1. The van der Waals surface area contributed by atoms with Crippen molar-refractivity contribution in [2.75, 3.05) is 7.05 Å². The fourth-order valence-corrected chi connectivity index (χ4v) is 2.01. The number of carbonyl (C=O) groups is 2. The first-order valence-corrected chi connectivity index (χ1v) is 6.47. The van der Waals surface area contributed by atoms with Crippen LogP contribution in [0.4, 0.5) is 9.18 Å². The van der Waals surface area contributed by atoms with Gasteiger partial charge < -0.3 is 15.3 Å². The predicted molar refractivity (Wildman–Crippen MR) is 70.5 cm³/mol. The Morgan fingerprint density at radius 3 is 2.65 bits per heavy atom. The molecule has 0 radical (unpaired) electrons. The lowest BCUT2D eigenvalue weighted by atomic mass is 10.2. The molecule has 1 atom stereocenters. The number of carboxylic acids is 1. The van der Waals surface area contributed by atoms with Crippen molar-refractivity contribution in [1.29, 1.82) is 0 Å². The molecule has 0 aliphatic heterocycles. The van der Waals surface area contributed by atoms with Crippen LogP contribution in [0.25, 0.3) is 0 Å². The molecule has 1 aliphatic carbocycles. The summed E-state index contributed by atoms with van der Waals surface area (Å²) in [4.78, 5) is 24.3. The van der Waals surface area contributed by atoms with E-state index in [0.717, 1.165) is 12.8 Å². The van der Waals surface area contributed by atoms with Gasteiger partial charge in [0.2, 0.25) is 0 Å². The molecule has 1 fully saturated rings. The molecule has 0 heterocycles. The van der Waals surface area contributed by atoms with E-state index in [0.29, 0.717) is 5.56 Å². The highest BCUT2D eigenvalue weighted by molar-refractivity contribution is 5.83. The van der Waals surface area contributed by atoms with E-state index in [1.54, 1.807) is 18.2 Å². The Kier molecular flexibility index (Phi) is 4.22. The van der Waals surface area contributed by atoms with E-state index in [1.807, 2.05) is 0 Å². The molecule has 6 heteroatoms. The molecule has 0 saturated heterocycles. The molecule has 0 bridgehead atoms. The van der Waals surface area contributed by atoms with E-state index >= 15 is 0 Å². The molecular weight excluding hydrogens is 263 g/mol. The number of nitrogens with one attached hydrogen (secondary N) is 1. The van der Waals surface area contributed by atoms with Gasteiger partial charge in [-0.25, -0.2) is 14.0 Å². The first kappa shape index (κ1) is 14.3. The van der Waals surface area contributed by atoms with Gasteiger partial charge in [0.15, 0.2) is 0 Å². The molecule has 1 aromatic carbocycles. The maximum absolute atomic E-state index is 13.5. The van der Waals surface area contributed by atoms with E-state index in [-0.39, 0.29) is 18.3 Å². The number of aliphatic carboxylic acids is 1. The summed E-state index contributed by atoms with van der Waals surface area (Å²) in [6.45, 7) is 0.0928. The maximum Gasteiger partial charge on any atom is 0.326 e. The summed E-state index contributed by atoms with van der Waals surface area (Å²) in [5.41, 5.74) is 0.392. The average molecular weight is 280 g/mol. The molecule has 108 valence electrons. The SMILES string of the molecule is CN(Cc1ccccc1F)C(=O)NC(C(=O)O)C1CC1. The minimum atomic E-state index is -1.03. The second-order valence-corrected chi connectivity index (χ2v) is 5.05. The molecule has 1 saturated carbocycles. The maximum atomic E-state index is 13.5. The Morgan fingerprint density at radius 1 is 1.45 bits per heavy atom. The zero-order chi connectivity index (χ0) is 14.7. The summed E-state index contributed by atoms with van der Waals surface area (Å²) in [7, 11) is 1.51. The second-order valence-electron chi connectivity index (χ2n) is 5.05. The molecule has 0 aromatic heterocycles. The largest absolute Gasteiger partial charge is 0.480 e. The lowest BCUT2D eigenvalue weighted by Crippen LogP contribution is -2.47. The van der Waals surface area contributed by atoms with Gasteiger partial charge in [0.1, 0.15) is 11.9 Å². The lowest BCUT2D eigenvalue weighted by molar-refractivity contribution is -0.139. The van der Waals surface area contributed by atoms with Crippen LogP contribution in [0.2, 0.25) is 0 Å². The number of nitrogens with zero attached hydrogens (tertiary/aromatic N) is 1. The molecule has 1 aromatic rings. The minimum Gasteiger partial charge on any atom is -0.480 e. The number of hydrogen-bond acceptors (Lipinski definition) is 2. The monoisotopic (exact) mass is 280 g/mol. The van der Waals surface area contributed by atoms with Gasteiger partial charge in [0, 0.05) is 19.2 Å². The molecule has 2 amide bonds.